The van der Waals surface area contributed by atoms with E-state index >= 15 is 0 Å². The van der Waals surface area contributed by atoms with Gasteiger partial charge in [0, 0.05) is 55.2 Å². The summed E-state index contributed by atoms with van der Waals surface area (Å²) in [6, 6.07) is 17.4. The number of carbonyl (C=O) groups is 3. The standard InChI is InChI=1S/C42H46F3N5O5.C4H10O.C2H6/c1-39(2,3)55-38(53)29-11-9-27(10-12-29)19-50-20-30(18-46-50)36(51)48-21-32(41(24-48)25-49(26-41)37(52)34-17-40(34,4)5)22-54-23-33-7-6-8-35(47-33)28-13-15-31(16-14-28)42(43,44)45;1-4(2,3)5;1-2/h6-16,18,20,32,34H,17,19,21-26H2,1-5H3;5H,1-3H3;1-2H3. The van der Waals surface area contributed by atoms with Crippen LogP contribution in [0.4, 0.5) is 13.2 Å². The summed E-state index contributed by atoms with van der Waals surface area (Å²) in [6.07, 6.45) is -0.249. The van der Waals surface area contributed by atoms with Crippen molar-refractivity contribution in [3.05, 3.63) is 107 Å². The van der Waals surface area contributed by atoms with E-state index in [4.69, 9.17) is 14.6 Å². The lowest BCUT2D eigenvalue weighted by Gasteiger charge is -2.51. The maximum Gasteiger partial charge on any atom is 0.416 e. The molecule has 4 heterocycles. The quantitative estimate of drug-likeness (QED) is 0.157. The van der Waals surface area contributed by atoms with E-state index in [2.05, 4.69) is 23.9 Å². The van der Waals surface area contributed by atoms with Crippen LogP contribution in [-0.2, 0) is 33.6 Å². The van der Waals surface area contributed by atoms with Gasteiger partial charge in [0.2, 0.25) is 5.91 Å². The zero-order valence-corrected chi connectivity index (χ0v) is 37.7. The van der Waals surface area contributed by atoms with Crippen molar-refractivity contribution in [2.75, 3.05) is 32.8 Å². The SMILES string of the molecule is CC.CC(C)(C)O.CC(C)(C)OC(=O)c1ccc(Cn2cc(C(=O)N3CC(COCc4cccc(-c5ccc(C(F)(F)F)cc5)n4)C4(C3)CN(C(=O)C3CC3(C)C)C4)cn2)cc1. The second-order valence-electron chi connectivity index (χ2n) is 19.1. The first-order chi connectivity index (χ1) is 28.9. The maximum atomic E-state index is 13.9. The first-order valence-electron chi connectivity index (χ1n) is 21.3. The van der Waals surface area contributed by atoms with E-state index in [-0.39, 0.29) is 41.1 Å². The fourth-order valence-corrected chi connectivity index (χ4v) is 7.62. The molecule has 2 amide bonds. The smallest absolute Gasteiger partial charge is 0.416 e. The van der Waals surface area contributed by atoms with Crippen molar-refractivity contribution >= 4 is 17.8 Å². The van der Waals surface area contributed by atoms with Gasteiger partial charge in [-0.2, -0.15) is 18.3 Å². The minimum Gasteiger partial charge on any atom is -0.456 e. The molecule has 2 saturated heterocycles. The van der Waals surface area contributed by atoms with Gasteiger partial charge in [-0.1, -0.05) is 58.0 Å². The van der Waals surface area contributed by atoms with Crippen LogP contribution in [0, 0.1) is 22.7 Å². The topological polar surface area (TPSA) is 127 Å². The number of amides is 2. The lowest BCUT2D eigenvalue weighted by atomic mass is 9.71. The van der Waals surface area contributed by atoms with Gasteiger partial charge in [0.1, 0.15) is 5.60 Å². The third kappa shape index (κ3) is 12.5. The summed E-state index contributed by atoms with van der Waals surface area (Å²) in [4.78, 5) is 48.0. The van der Waals surface area contributed by atoms with Crippen LogP contribution in [0.15, 0.2) is 79.1 Å². The predicted octanol–water partition coefficient (Wildman–Crippen LogP) is 8.93. The number of aromatic nitrogens is 3. The molecule has 3 aliphatic rings. The zero-order valence-electron chi connectivity index (χ0n) is 37.7. The lowest BCUT2D eigenvalue weighted by Crippen LogP contribution is -2.63. The molecule has 14 heteroatoms. The molecule has 2 aromatic heterocycles. The van der Waals surface area contributed by atoms with E-state index < -0.39 is 28.9 Å². The summed E-state index contributed by atoms with van der Waals surface area (Å²) in [5.74, 6) is -0.376. The van der Waals surface area contributed by atoms with E-state index in [0.717, 1.165) is 24.1 Å². The number of alkyl halides is 3. The van der Waals surface area contributed by atoms with Crippen molar-refractivity contribution < 1.29 is 42.1 Å². The molecule has 336 valence electrons. The van der Waals surface area contributed by atoms with Gasteiger partial charge in [0.25, 0.3) is 5.91 Å². The molecule has 1 N–H and O–H groups in total. The number of likely N-dealkylation sites (tertiary alicyclic amines) is 2. The van der Waals surface area contributed by atoms with Crippen molar-refractivity contribution in [1.29, 1.82) is 0 Å². The Morgan fingerprint density at radius 3 is 2.02 bits per heavy atom. The highest BCUT2D eigenvalue weighted by atomic mass is 19.4. The van der Waals surface area contributed by atoms with Gasteiger partial charge < -0.3 is 24.4 Å². The lowest BCUT2D eigenvalue weighted by molar-refractivity contribution is -0.148. The summed E-state index contributed by atoms with van der Waals surface area (Å²) in [5.41, 5.74) is 1.45. The molecule has 7 rings (SSSR count). The Bertz CT molecular complexity index is 2160. The van der Waals surface area contributed by atoms with Crippen molar-refractivity contribution in [3.63, 3.8) is 0 Å². The summed E-state index contributed by atoms with van der Waals surface area (Å²) in [6.45, 7) is 21.9. The minimum atomic E-state index is -4.42. The van der Waals surface area contributed by atoms with Crippen LogP contribution in [0.3, 0.4) is 0 Å². The number of rotatable bonds is 10. The number of carbonyl (C=O) groups excluding carboxylic acids is 3. The van der Waals surface area contributed by atoms with Gasteiger partial charge in [0.15, 0.2) is 0 Å². The second kappa shape index (κ2) is 18.7. The minimum absolute atomic E-state index is 0.0161. The highest BCUT2D eigenvalue weighted by Gasteiger charge is 2.60. The summed E-state index contributed by atoms with van der Waals surface area (Å²) in [7, 11) is 0. The van der Waals surface area contributed by atoms with Crippen molar-refractivity contribution in [3.8, 4) is 11.3 Å². The van der Waals surface area contributed by atoms with E-state index in [1.165, 1.54) is 12.1 Å². The zero-order chi connectivity index (χ0) is 45.8. The Morgan fingerprint density at radius 1 is 0.855 bits per heavy atom. The number of benzene rings is 2. The van der Waals surface area contributed by atoms with Gasteiger partial charge in [-0.3, -0.25) is 19.3 Å². The fraction of sp³-hybridized carbons (Fsp3) is 0.521. The van der Waals surface area contributed by atoms with Crippen LogP contribution in [0.25, 0.3) is 11.3 Å². The van der Waals surface area contributed by atoms with Crippen LogP contribution in [-0.4, -0.2) is 91.4 Å². The van der Waals surface area contributed by atoms with E-state index in [1.54, 1.807) is 62.1 Å². The third-order valence-corrected chi connectivity index (χ3v) is 10.9. The fourth-order valence-electron chi connectivity index (χ4n) is 7.62. The number of nitrogens with zero attached hydrogens (tertiary/aromatic N) is 5. The Labute approximate surface area is 363 Å². The molecule has 62 heavy (non-hydrogen) atoms. The molecular weight excluding hydrogens is 800 g/mol. The molecule has 1 spiro atoms. The summed E-state index contributed by atoms with van der Waals surface area (Å²) >= 11 is 0. The molecular formula is C48H62F3N5O6. The Balaban J connectivity index is 0.000000968. The highest BCUT2D eigenvalue weighted by molar-refractivity contribution is 5.94. The van der Waals surface area contributed by atoms with Gasteiger partial charge in [-0.25, -0.2) is 4.79 Å². The van der Waals surface area contributed by atoms with E-state index in [1.807, 2.05) is 62.6 Å². The van der Waals surface area contributed by atoms with Crippen LogP contribution in [0.2, 0.25) is 0 Å². The summed E-state index contributed by atoms with van der Waals surface area (Å²) in [5, 5.41) is 13.0. The predicted molar refractivity (Wildman–Crippen MR) is 231 cm³/mol. The number of pyridine rings is 1. The van der Waals surface area contributed by atoms with Crippen molar-refractivity contribution in [2.45, 2.75) is 106 Å². The molecule has 0 bridgehead atoms. The van der Waals surface area contributed by atoms with Crippen molar-refractivity contribution in [2.24, 2.45) is 22.7 Å². The van der Waals surface area contributed by atoms with Crippen LogP contribution in [0.5, 0.6) is 0 Å². The van der Waals surface area contributed by atoms with Gasteiger partial charge in [-0.05, 0) is 95.3 Å². The number of halogens is 3. The van der Waals surface area contributed by atoms with E-state index in [9.17, 15) is 27.6 Å². The number of hydrogen-bond donors (Lipinski definition) is 1. The first kappa shape index (κ1) is 48.0. The molecule has 4 aromatic rings. The summed E-state index contributed by atoms with van der Waals surface area (Å²) < 4.78 is 52.6. The van der Waals surface area contributed by atoms with Gasteiger partial charge in [0.05, 0.1) is 59.6 Å². The normalized spacial score (nSPS) is 18.8. The molecule has 11 nitrogen and oxygen atoms in total. The number of esters is 1. The van der Waals surface area contributed by atoms with E-state index in [0.29, 0.717) is 67.4 Å². The second-order valence-corrected chi connectivity index (χ2v) is 19.1. The highest BCUT2D eigenvalue weighted by Crippen LogP contribution is 2.54. The average Bonchev–Trinajstić information content (AvgIpc) is 3.45. The van der Waals surface area contributed by atoms with Crippen molar-refractivity contribution in [1.82, 2.24) is 24.6 Å². The molecule has 0 radical (unpaired) electrons. The van der Waals surface area contributed by atoms with Crippen LogP contribution < -0.4 is 0 Å². The first-order valence-corrected chi connectivity index (χ1v) is 21.3. The molecule has 3 fully saturated rings. The molecule has 1 saturated carbocycles. The monoisotopic (exact) mass is 861 g/mol. The maximum absolute atomic E-state index is 13.9. The molecule has 1 aliphatic carbocycles. The van der Waals surface area contributed by atoms with Gasteiger partial charge >= 0.3 is 12.1 Å². The number of ether oxygens (including phenoxy) is 2. The number of hydrogen-bond acceptors (Lipinski definition) is 8. The Kier molecular flexibility index (Phi) is 14.5. The largest absolute Gasteiger partial charge is 0.456 e. The molecule has 2 atom stereocenters. The third-order valence-electron chi connectivity index (χ3n) is 10.9. The average molecular weight is 862 g/mol. The van der Waals surface area contributed by atoms with Crippen LogP contribution >= 0.6 is 0 Å². The molecule has 2 unspecified atom stereocenters. The Hall–Kier alpha value is -5.08. The number of aliphatic hydroxyl groups is 1. The molecule has 2 aliphatic heterocycles. The van der Waals surface area contributed by atoms with Gasteiger partial charge in [-0.15, -0.1) is 0 Å². The Morgan fingerprint density at radius 2 is 1.45 bits per heavy atom. The van der Waals surface area contributed by atoms with Crippen LogP contribution in [0.1, 0.15) is 113 Å². The molecule has 2 aromatic carbocycles.